The molecule has 0 bridgehead atoms. The van der Waals surface area contributed by atoms with Gasteiger partial charge in [0.1, 0.15) is 39.1 Å². The van der Waals surface area contributed by atoms with Crippen LogP contribution >= 0.6 is 11.5 Å². The summed E-state index contributed by atoms with van der Waals surface area (Å²) in [5.41, 5.74) is 12.1. The van der Waals surface area contributed by atoms with Crippen LogP contribution in [-0.2, 0) is 38.9 Å². The van der Waals surface area contributed by atoms with Crippen LogP contribution in [0.2, 0.25) is 0 Å². The Kier molecular flexibility index (Phi) is 27.0. The molecule has 4 saturated heterocycles. The number of nitrogens with one attached hydrogen (secondary N) is 8. The van der Waals surface area contributed by atoms with Crippen molar-refractivity contribution in [3.63, 3.8) is 0 Å². The minimum Gasteiger partial charge on any atom is -0.379 e. The number of aromatic amines is 4. The number of pyridine rings is 7. The zero-order valence-electron chi connectivity index (χ0n) is 69.4. The summed E-state index contributed by atoms with van der Waals surface area (Å²) >= 11 is 1.38. The van der Waals surface area contributed by atoms with Gasteiger partial charge in [-0.15, -0.1) is 12.8 Å². The molecule has 30 nitrogen and oxygen atoms in total. The molecule has 4 fully saturated rings. The number of ketones is 1. The molecule has 4 amide bonds. The Morgan fingerprint density at radius 3 is 1.21 bits per heavy atom. The number of carbonyl (C=O) groups is 5. The molecule has 4 aliphatic rings. The first kappa shape index (κ1) is 86.4. The van der Waals surface area contributed by atoms with E-state index in [9.17, 15) is 40.8 Å². The Labute approximate surface area is 707 Å². The molecule has 630 valence electrons. The van der Waals surface area contributed by atoms with E-state index in [0.29, 0.717) is 103 Å². The molecule has 33 heteroatoms. The molecule has 0 unspecified atom stereocenters. The van der Waals surface area contributed by atoms with Crippen LogP contribution in [0.3, 0.4) is 0 Å². The van der Waals surface area contributed by atoms with Crippen molar-refractivity contribution in [3.8, 4) is 69.0 Å². The molecule has 0 radical (unpaired) electrons. The monoisotopic (exact) mass is 1690 g/mol. The molecule has 16 heterocycles. The minimum atomic E-state index is -3.38. The summed E-state index contributed by atoms with van der Waals surface area (Å²) in [5, 5.41) is 19.2. The van der Waals surface area contributed by atoms with Crippen molar-refractivity contribution >= 4 is 128 Å². The molecule has 0 saturated carbocycles. The second-order valence-corrected chi connectivity index (χ2v) is 36.7. The summed E-state index contributed by atoms with van der Waals surface area (Å²) in [6, 6.07) is 19.9. The minimum absolute atomic E-state index is 0.00202. The molecule has 12 aromatic rings. The largest absolute Gasteiger partial charge is 0.379 e. The molecule has 0 aromatic carbocycles. The summed E-state index contributed by atoms with van der Waals surface area (Å²) in [6.07, 6.45) is 35.3. The molecule has 8 N–H and O–H groups in total. The number of rotatable bonds is 19. The van der Waals surface area contributed by atoms with Gasteiger partial charge in [0, 0.05) is 209 Å². The SMILES string of the molecule is C#CCC(=O)N1C[C@@H](C)C[C@@H](Nc2c(-c3cc(S(C)(=O)=O)ccn3)cnc3[nH]ccc23)C1.C#CCC(=O)N1C[C@@H](C)C[C@@H](Nc2c(-c3cccc(C(C)=O)n3)cnc3[nH]ccc23)C1.CCC(=O)N1C[C@@H](C)C[C@@H](Nc2c(-c3ccc(S(C)(=O)=O)cn3)cnc3[nH]ccc23)C1.CCC(=O)N1C[C@@H](C)C[C@@H](Nc2c(-c3nc(C)ns3)cnc3[nH]ccc23)C1. The van der Waals surface area contributed by atoms with Crippen molar-refractivity contribution in [2.24, 2.45) is 23.7 Å². The predicted molar refractivity (Wildman–Crippen MR) is 473 cm³/mol. The number of carbonyl (C=O) groups excluding carboxylic acids is 5. The highest BCUT2D eigenvalue weighted by atomic mass is 32.2. The summed E-state index contributed by atoms with van der Waals surface area (Å²) in [5.74, 6) is 7.38. The van der Waals surface area contributed by atoms with Gasteiger partial charge in [-0.1, -0.05) is 59.4 Å². The van der Waals surface area contributed by atoms with Crippen molar-refractivity contribution in [3.05, 3.63) is 140 Å². The van der Waals surface area contributed by atoms with E-state index in [4.69, 9.17) is 12.8 Å². The van der Waals surface area contributed by atoms with E-state index in [0.717, 1.165) is 140 Å². The summed E-state index contributed by atoms with van der Waals surface area (Å²) < 4.78 is 52.0. The summed E-state index contributed by atoms with van der Waals surface area (Å²) in [4.78, 5) is 118. The van der Waals surface area contributed by atoms with Gasteiger partial charge in [-0.2, -0.15) is 4.37 Å². The molecule has 16 rings (SSSR count). The molecule has 0 aliphatic carbocycles. The molecular weight excluding hydrogens is 1590 g/mol. The van der Waals surface area contributed by atoms with E-state index in [2.05, 4.69) is 125 Å². The Balaban J connectivity index is 0.000000139. The number of aryl methyl sites for hydroxylation is 1. The average molecular weight is 1690 g/mol. The molecule has 0 spiro atoms. The highest BCUT2D eigenvalue weighted by molar-refractivity contribution is 7.91. The van der Waals surface area contributed by atoms with Crippen LogP contribution in [0.4, 0.5) is 22.7 Å². The van der Waals surface area contributed by atoms with Gasteiger partial charge in [0.05, 0.1) is 68.0 Å². The molecule has 8 atom stereocenters. The fourth-order valence-corrected chi connectivity index (χ4v) is 18.3. The smallest absolute Gasteiger partial charge is 0.234 e. The first-order valence-corrected chi connectivity index (χ1v) is 45.1. The van der Waals surface area contributed by atoms with E-state index in [1.807, 2.05) is 102 Å². The lowest BCUT2D eigenvalue weighted by Crippen LogP contribution is -2.48. The lowest BCUT2D eigenvalue weighted by molar-refractivity contribution is -0.133. The number of anilines is 4. The topological polar surface area (TPSA) is 394 Å². The number of aromatic nitrogens is 13. The molecular formula is C88H101N21O9S3. The summed E-state index contributed by atoms with van der Waals surface area (Å²) in [7, 11) is -6.70. The summed E-state index contributed by atoms with van der Waals surface area (Å²) in [6.45, 7) is 21.3. The maximum Gasteiger partial charge on any atom is 0.234 e. The van der Waals surface area contributed by atoms with Crippen LogP contribution in [0.5, 0.6) is 0 Å². The van der Waals surface area contributed by atoms with E-state index < -0.39 is 19.7 Å². The number of hydrogen-bond donors (Lipinski definition) is 8. The third-order valence-corrected chi connectivity index (χ3v) is 25.0. The number of sulfone groups is 2. The fourth-order valence-electron chi connectivity index (χ4n) is 16.4. The number of likely N-dealkylation sites (tertiary alicyclic amines) is 4. The number of Topliss-reactive ketones (excluding diaryl/α,β-unsaturated/α-hetero) is 1. The number of piperidine rings is 4. The van der Waals surface area contributed by atoms with Crippen LogP contribution in [0.1, 0.15) is 116 Å². The first-order valence-electron chi connectivity index (χ1n) is 40.5. The highest BCUT2D eigenvalue weighted by Crippen LogP contribution is 2.41. The zero-order chi connectivity index (χ0) is 86.0. The van der Waals surface area contributed by atoms with Gasteiger partial charge < -0.3 is 60.8 Å². The van der Waals surface area contributed by atoms with Crippen LogP contribution in [0, 0.1) is 55.3 Å². The highest BCUT2D eigenvalue weighted by Gasteiger charge is 2.34. The van der Waals surface area contributed by atoms with E-state index >= 15 is 0 Å². The molecule has 4 aliphatic heterocycles. The lowest BCUT2D eigenvalue weighted by atomic mass is 9.94. The average Bonchev–Trinajstić information content (AvgIpc) is 1.73. The lowest BCUT2D eigenvalue weighted by Gasteiger charge is -2.37. The Hall–Kier alpha value is -12.5. The van der Waals surface area contributed by atoms with E-state index in [1.165, 1.54) is 43.2 Å². The number of hydrogen-bond acceptors (Lipinski definition) is 23. The van der Waals surface area contributed by atoms with Gasteiger partial charge >= 0.3 is 0 Å². The Morgan fingerprint density at radius 2 is 0.851 bits per heavy atom. The number of H-pyrrole nitrogens is 4. The zero-order valence-corrected chi connectivity index (χ0v) is 71.9. The van der Waals surface area contributed by atoms with Crippen molar-refractivity contribution in [2.45, 2.75) is 141 Å². The van der Waals surface area contributed by atoms with Gasteiger partial charge in [-0.05, 0) is 128 Å². The van der Waals surface area contributed by atoms with Crippen LogP contribution < -0.4 is 21.3 Å². The number of amides is 4. The van der Waals surface area contributed by atoms with Gasteiger partial charge in [-0.25, -0.2) is 46.7 Å². The number of fused-ring (bicyclic) bond motifs is 4. The Bertz CT molecular complexity index is 6120. The first-order chi connectivity index (χ1) is 58.0. The molecule has 121 heavy (non-hydrogen) atoms. The number of terminal acetylenes is 2. The normalized spacial score (nSPS) is 19.3. The Morgan fingerprint density at radius 1 is 0.463 bits per heavy atom. The van der Waals surface area contributed by atoms with Gasteiger partial charge in [0.25, 0.3) is 0 Å². The van der Waals surface area contributed by atoms with Crippen molar-refractivity contribution in [1.29, 1.82) is 0 Å². The third kappa shape index (κ3) is 20.7. The second-order valence-electron chi connectivity index (χ2n) is 32.0. The fraction of sp³-hybridized carbons (Fsp3) is 0.386. The van der Waals surface area contributed by atoms with Gasteiger partial charge in [0.2, 0.25) is 23.6 Å². The quantitative estimate of drug-likeness (QED) is 0.0275. The standard InChI is InChI=1S/C24H25N5O2.C23H25N5O3S.C22H27N5O3S.C19H24N6OS/c1-4-6-22(31)29-13-15(2)11-17(14-29)27-23-18-9-10-25-24(18)26-12-19(23)21-8-5-7-20(28-21)16(3)30;1-4-5-21(29)28-13-15(2)10-16(14-28)27-22-18-7-9-25-23(18)26-12-19(22)20-11-17(6-8-24-20)32(3,30)31;1-4-20(28)27-12-14(2)9-15(13-27)26-21-17-7-8-23-22(17)25-11-18(21)19-6-5-16(10-24-19)31(3,29)30;1-4-16(26)25-9-11(2)7-13(10-25)23-17-14-5-6-20-18(14)21-8-15(17)19-22-12(3)24-27-19/h1,5,7-10,12,15,17H,6,11,13-14H2,2-3H3,(H2,25,26,27);1,6-9,11-12,15-16H,5,10,13-14H2,2-3H3,(H2,25,26,27);5-8,10-11,14-15H,4,9,12-13H2,1-3H3,(H2,23,25,26);5-6,8,11,13H,4,7,9-10H2,1-3H3,(H2,20,21,23)/t15-,17+;15-,16+;14-,15+;11-,13+/m0000/s1. The van der Waals surface area contributed by atoms with Crippen molar-refractivity contribution in [1.82, 2.24) is 83.8 Å². The maximum atomic E-state index is 12.4. The van der Waals surface area contributed by atoms with Crippen molar-refractivity contribution in [2.75, 3.05) is 86.1 Å². The predicted octanol–water partition coefficient (Wildman–Crippen LogP) is 12.7. The van der Waals surface area contributed by atoms with E-state index in [-0.39, 0.29) is 76.2 Å². The van der Waals surface area contributed by atoms with Crippen LogP contribution in [0.25, 0.3) is 88.5 Å². The van der Waals surface area contributed by atoms with Crippen LogP contribution in [0.15, 0.2) is 138 Å². The van der Waals surface area contributed by atoms with E-state index in [1.54, 1.807) is 49.1 Å². The molecule has 12 aromatic heterocycles. The van der Waals surface area contributed by atoms with Crippen molar-refractivity contribution < 1.29 is 40.8 Å². The second kappa shape index (κ2) is 37.9. The third-order valence-electron chi connectivity index (χ3n) is 21.9. The van der Waals surface area contributed by atoms with Gasteiger partial charge in [0.15, 0.2) is 25.5 Å². The van der Waals surface area contributed by atoms with Crippen LogP contribution in [-0.4, -0.2) is 219 Å². The van der Waals surface area contributed by atoms with Gasteiger partial charge in [-0.3, -0.25) is 33.9 Å². The maximum absolute atomic E-state index is 12.4. The number of nitrogens with zero attached hydrogens (tertiary/aromatic N) is 13.